The SMILES string of the molecule is CC.CCC.CCc1ccc(CNC(=O)COc2ccc(C(N)c3ccc(OC)cc3OC)cc2)cc1. The van der Waals surface area contributed by atoms with Crippen LogP contribution in [0, 0.1) is 0 Å². The Hall–Kier alpha value is -3.51. The van der Waals surface area contributed by atoms with Crippen molar-refractivity contribution in [1.82, 2.24) is 5.32 Å². The summed E-state index contributed by atoms with van der Waals surface area (Å²) < 4.78 is 16.3. The van der Waals surface area contributed by atoms with Gasteiger partial charge in [0.1, 0.15) is 17.2 Å². The fourth-order valence-corrected chi connectivity index (χ4v) is 3.32. The average Bonchev–Trinajstić information content (AvgIpc) is 2.96. The predicted molar refractivity (Wildman–Crippen MR) is 152 cm³/mol. The van der Waals surface area contributed by atoms with Gasteiger partial charge in [0.2, 0.25) is 0 Å². The molecule has 0 saturated heterocycles. The molecule has 3 N–H and O–H groups in total. The Bertz CT molecular complexity index is 1030. The molecular formula is C31H44N2O4. The van der Waals surface area contributed by atoms with Crippen LogP contribution in [0.15, 0.2) is 66.7 Å². The quantitative estimate of drug-likeness (QED) is 0.329. The molecule has 1 amide bonds. The molecule has 3 rings (SSSR count). The zero-order chi connectivity index (χ0) is 27.6. The largest absolute Gasteiger partial charge is 0.497 e. The Morgan fingerprint density at radius 2 is 1.41 bits per heavy atom. The van der Waals surface area contributed by atoms with E-state index in [1.54, 1.807) is 14.2 Å². The Labute approximate surface area is 223 Å². The molecule has 0 bridgehead atoms. The van der Waals surface area contributed by atoms with Crippen molar-refractivity contribution >= 4 is 5.91 Å². The molecule has 37 heavy (non-hydrogen) atoms. The number of methoxy groups -OCH3 is 2. The molecule has 1 unspecified atom stereocenters. The predicted octanol–water partition coefficient (Wildman–Crippen LogP) is 6.45. The molecule has 0 spiro atoms. The van der Waals surface area contributed by atoms with Gasteiger partial charge in [0.05, 0.1) is 20.3 Å². The van der Waals surface area contributed by atoms with Crippen LogP contribution in [-0.4, -0.2) is 26.7 Å². The van der Waals surface area contributed by atoms with Gasteiger partial charge in [-0.25, -0.2) is 0 Å². The van der Waals surface area contributed by atoms with Gasteiger partial charge in [0.25, 0.3) is 5.91 Å². The van der Waals surface area contributed by atoms with E-state index in [0.717, 1.165) is 23.1 Å². The van der Waals surface area contributed by atoms with Crippen LogP contribution in [0.3, 0.4) is 0 Å². The van der Waals surface area contributed by atoms with Gasteiger partial charge in [-0.15, -0.1) is 0 Å². The Morgan fingerprint density at radius 1 is 0.838 bits per heavy atom. The Kier molecular flexibility index (Phi) is 15.2. The number of nitrogens with two attached hydrogens (primary N) is 1. The summed E-state index contributed by atoms with van der Waals surface area (Å²) in [4.78, 5) is 12.1. The lowest BCUT2D eigenvalue weighted by Gasteiger charge is -2.17. The molecule has 202 valence electrons. The standard InChI is InChI=1S/C26H30N2O4.C3H8.C2H6/c1-4-18-5-7-19(8-6-18)16-28-25(29)17-32-21-11-9-20(10-12-21)26(27)23-14-13-22(30-2)15-24(23)31-3;1-3-2;1-2/h5-15,26H,4,16-17,27H2,1-3H3,(H,28,29);3H2,1-2H3;1-2H3. The first-order valence-corrected chi connectivity index (χ1v) is 13.0. The highest BCUT2D eigenvalue weighted by atomic mass is 16.5. The summed E-state index contributed by atoms with van der Waals surface area (Å²) in [6.07, 6.45) is 2.25. The maximum Gasteiger partial charge on any atom is 0.258 e. The van der Waals surface area contributed by atoms with Crippen LogP contribution in [0.2, 0.25) is 0 Å². The second-order valence-corrected chi connectivity index (χ2v) is 8.10. The number of benzene rings is 3. The topological polar surface area (TPSA) is 82.8 Å². The normalized spacial score (nSPS) is 10.6. The van der Waals surface area contributed by atoms with Crippen LogP contribution in [-0.2, 0) is 17.8 Å². The molecule has 0 radical (unpaired) electrons. The van der Waals surface area contributed by atoms with Crippen LogP contribution in [0.4, 0.5) is 0 Å². The fraction of sp³-hybridized carbons (Fsp3) is 0.387. The second-order valence-electron chi connectivity index (χ2n) is 8.10. The Balaban J connectivity index is 0.00000127. The molecule has 6 heteroatoms. The van der Waals surface area contributed by atoms with Crippen molar-refractivity contribution < 1.29 is 19.0 Å². The summed E-state index contributed by atoms with van der Waals surface area (Å²) in [6.45, 7) is 10.8. The monoisotopic (exact) mass is 508 g/mol. The lowest BCUT2D eigenvalue weighted by atomic mass is 9.98. The highest BCUT2D eigenvalue weighted by molar-refractivity contribution is 5.77. The molecule has 0 aliphatic rings. The van der Waals surface area contributed by atoms with Crippen molar-refractivity contribution in [3.63, 3.8) is 0 Å². The first kappa shape index (κ1) is 31.5. The van der Waals surface area contributed by atoms with Gasteiger partial charge < -0.3 is 25.3 Å². The zero-order valence-electron chi connectivity index (χ0n) is 23.5. The number of hydrogen-bond donors (Lipinski definition) is 2. The zero-order valence-corrected chi connectivity index (χ0v) is 23.5. The van der Waals surface area contributed by atoms with Crippen LogP contribution >= 0.6 is 0 Å². The first-order chi connectivity index (χ1) is 17.9. The minimum atomic E-state index is -0.368. The second kappa shape index (κ2) is 17.8. The Morgan fingerprint density at radius 3 is 1.95 bits per heavy atom. The van der Waals surface area contributed by atoms with E-state index in [4.69, 9.17) is 19.9 Å². The minimum absolute atomic E-state index is 0.0508. The van der Waals surface area contributed by atoms with E-state index in [-0.39, 0.29) is 18.6 Å². The van der Waals surface area contributed by atoms with E-state index in [1.807, 2.05) is 68.4 Å². The van der Waals surface area contributed by atoms with E-state index >= 15 is 0 Å². The minimum Gasteiger partial charge on any atom is -0.497 e. The van der Waals surface area contributed by atoms with Gasteiger partial charge in [-0.05, 0) is 47.4 Å². The van der Waals surface area contributed by atoms with E-state index in [1.165, 1.54) is 12.0 Å². The average molecular weight is 509 g/mol. The maximum atomic E-state index is 12.1. The molecule has 0 fully saturated rings. The van der Waals surface area contributed by atoms with Gasteiger partial charge in [-0.3, -0.25) is 4.79 Å². The summed E-state index contributed by atoms with van der Waals surface area (Å²) in [5, 5.41) is 2.87. The van der Waals surface area contributed by atoms with Crippen molar-refractivity contribution in [2.24, 2.45) is 5.73 Å². The van der Waals surface area contributed by atoms with E-state index < -0.39 is 0 Å². The van der Waals surface area contributed by atoms with Gasteiger partial charge in [0.15, 0.2) is 6.61 Å². The smallest absolute Gasteiger partial charge is 0.258 e. The highest BCUT2D eigenvalue weighted by Crippen LogP contribution is 2.32. The van der Waals surface area contributed by atoms with Crippen molar-refractivity contribution in [3.8, 4) is 17.2 Å². The third-order valence-electron chi connectivity index (χ3n) is 5.31. The third-order valence-corrected chi connectivity index (χ3v) is 5.31. The number of rotatable bonds is 10. The number of ether oxygens (including phenoxy) is 3. The summed E-state index contributed by atoms with van der Waals surface area (Å²) in [6, 6.07) is 20.8. The van der Waals surface area contributed by atoms with Gasteiger partial charge in [0, 0.05) is 18.2 Å². The van der Waals surface area contributed by atoms with Gasteiger partial charge in [-0.2, -0.15) is 0 Å². The van der Waals surface area contributed by atoms with Gasteiger partial charge >= 0.3 is 0 Å². The molecule has 6 nitrogen and oxygen atoms in total. The van der Waals surface area contributed by atoms with E-state index in [0.29, 0.717) is 23.8 Å². The molecule has 0 aromatic heterocycles. The summed E-state index contributed by atoms with van der Waals surface area (Å²) in [7, 11) is 3.21. The molecule has 0 aliphatic heterocycles. The molecule has 0 aliphatic carbocycles. The van der Waals surface area contributed by atoms with Crippen molar-refractivity contribution in [2.45, 2.75) is 60.0 Å². The molecular weight excluding hydrogens is 464 g/mol. The fourth-order valence-electron chi connectivity index (χ4n) is 3.32. The highest BCUT2D eigenvalue weighted by Gasteiger charge is 2.15. The van der Waals surface area contributed by atoms with Crippen LogP contribution < -0.4 is 25.3 Å². The van der Waals surface area contributed by atoms with Crippen molar-refractivity contribution in [3.05, 3.63) is 89.0 Å². The summed E-state index contributed by atoms with van der Waals surface area (Å²) >= 11 is 0. The molecule has 3 aromatic carbocycles. The van der Waals surface area contributed by atoms with Crippen molar-refractivity contribution in [2.75, 3.05) is 20.8 Å². The number of nitrogens with one attached hydrogen (secondary N) is 1. The molecule has 1 atom stereocenters. The number of carbonyl (C=O) groups is 1. The summed E-state index contributed by atoms with van der Waals surface area (Å²) in [5.74, 6) is 1.80. The molecule has 0 saturated carbocycles. The lowest BCUT2D eigenvalue weighted by molar-refractivity contribution is -0.123. The number of carbonyl (C=O) groups excluding carboxylic acids is 1. The third kappa shape index (κ3) is 10.6. The maximum absolute atomic E-state index is 12.1. The van der Waals surface area contributed by atoms with E-state index in [9.17, 15) is 4.79 Å². The number of hydrogen-bond acceptors (Lipinski definition) is 5. The first-order valence-electron chi connectivity index (χ1n) is 13.0. The lowest BCUT2D eigenvalue weighted by Crippen LogP contribution is -2.28. The van der Waals surface area contributed by atoms with Crippen LogP contribution in [0.5, 0.6) is 17.2 Å². The van der Waals surface area contributed by atoms with Crippen LogP contribution in [0.1, 0.15) is 69.3 Å². The van der Waals surface area contributed by atoms with Crippen molar-refractivity contribution in [1.29, 1.82) is 0 Å². The van der Waals surface area contributed by atoms with Gasteiger partial charge in [-0.1, -0.05) is 77.4 Å². The number of aryl methyl sites for hydroxylation is 1. The molecule has 3 aromatic rings. The number of amides is 1. The summed E-state index contributed by atoms with van der Waals surface area (Å²) in [5.41, 5.74) is 10.5. The molecule has 0 heterocycles. The van der Waals surface area contributed by atoms with E-state index in [2.05, 4.69) is 38.2 Å². The van der Waals surface area contributed by atoms with Crippen LogP contribution in [0.25, 0.3) is 0 Å².